The van der Waals surface area contributed by atoms with E-state index in [1.54, 1.807) is 0 Å². The summed E-state index contributed by atoms with van der Waals surface area (Å²) in [6.07, 6.45) is -2.48. The summed E-state index contributed by atoms with van der Waals surface area (Å²) in [5.41, 5.74) is 0. The fraction of sp³-hybridized carbons (Fsp3) is 0.750. The maximum Gasteiger partial charge on any atom is 0.255 e. The van der Waals surface area contributed by atoms with E-state index in [9.17, 15) is 13.6 Å². The standard InChI is InChI=1S/C4H7F2NOS/c5-3(6)1-7-4(8)2-9/h3,9H,1-2H2,(H,7,8). The molecule has 9 heavy (non-hydrogen) atoms. The van der Waals surface area contributed by atoms with Gasteiger partial charge >= 0.3 is 0 Å². The summed E-state index contributed by atoms with van der Waals surface area (Å²) in [4.78, 5) is 10.2. The van der Waals surface area contributed by atoms with Gasteiger partial charge in [0.05, 0.1) is 12.3 Å². The van der Waals surface area contributed by atoms with E-state index in [0.29, 0.717) is 0 Å². The SMILES string of the molecule is O=C(CS)NCC(F)F. The van der Waals surface area contributed by atoms with Gasteiger partial charge in [-0.05, 0) is 0 Å². The third kappa shape index (κ3) is 5.55. The first kappa shape index (κ1) is 8.68. The molecule has 0 aromatic carbocycles. The minimum Gasteiger partial charge on any atom is -0.350 e. The minimum absolute atomic E-state index is 0.0489. The van der Waals surface area contributed by atoms with Crippen LogP contribution in [0, 0.1) is 0 Å². The van der Waals surface area contributed by atoms with E-state index in [1.807, 2.05) is 5.32 Å². The van der Waals surface area contributed by atoms with Crippen LogP contribution in [-0.2, 0) is 4.79 Å². The number of carbonyl (C=O) groups is 1. The molecule has 0 rings (SSSR count). The fourth-order valence-electron chi connectivity index (χ4n) is 0.247. The summed E-state index contributed by atoms with van der Waals surface area (Å²) in [5, 5.41) is 1.97. The van der Waals surface area contributed by atoms with Crippen molar-refractivity contribution in [2.45, 2.75) is 6.43 Å². The van der Waals surface area contributed by atoms with Gasteiger partial charge in [0.2, 0.25) is 5.91 Å². The molecule has 0 aliphatic heterocycles. The molecule has 0 bridgehead atoms. The molecule has 0 unspecified atom stereocenters. The van der Waals surface area contributed by atoms with Gasteiger partial charge < -0.3 is 5.32 Å². The zero-order valence-electron chi connectivity index (χ0n) is 4.60. The molecule has 2 nitrogen and oxygen atoms in total. The number of alkyl halides is 2. The normalized spacial score (nSPS) is 9.78. The molecule has 0 radical (unpaired) electrons. The molecule has 0 aliphatic rings. The molecule has 0 saturated heterocycles. The average Bonchev–Trinajstić information content (AvgIpc) is 1.83. The van der Waals surface area contributed by atoms with Crippen molar-refractivity contribution >= 4 is 18.5 Å². The van der Waals surface area contributed by atoms with Crippen molar-refractivity contribution in [2.75, 3.05) is 12.3 Å². The second-order valence-electron chi connectivity index (χ2n) is 1.35. The van der Waals surface area contributed by atoms with E-state index in [2.05, 4.69) is 12.6 Å². The molecule has 0 heterocycles. The second kappa shape index (κ2) is 4.55. The number of nitrogens with one attached hydrogen (secondary N) is 1. The number of carbonyl (C=O) groups excluding carboxylic acids is 1. The van der Waals surface area contributed by atoms with Crippen LogP contribution in [0.5, 0.6) is 0 Å². The van der Waals surface area contributed by atoms with E-state index < -0.39 is 18.9 Å². The highest BCUT2D eigenvalue weighted by Gasteiger charge is 2.03. The van der Waals surface area contributed by atoms with Gasteiger partial charge in [-0.1, -0.05) is 0 Å². The summed E-state index contributed by atoms with van der Waals surface area (Å²) in [5.74, 6) is -0.522. The molecule has 0 saturated carbocycles. The lowest BCUT2D eigenvalue weighted by molar-refractivity contribution is -0.119. The predicted octanol–water partition coefficient (Wildman–Crippen LogP) is 0.297. The van der Waals surface area contributed by atoms with Crippen molar-refractivity contribution < 1.29 is 13.6 Å². The van der Waals surface area contributed by atoms with Gasteiger partial charge in [-0.25, -0.2) is 8.78 Å². The van der Waals surface area contributed by atoms with E-state index in [1.165, 1.54) is 0 Å². The maximum absolute atomic E-state index is 11.3. The molecule has 1 amide bonds. The van der Waals surface area contributed by atoms with Crippen LogP contribution in [0.25, 0.3) is 0 Å². The van der Waals surface area contributed by atoms with Gasteiger partial charge in [0, 0.05) is 0 Å². The monoisotopic (exact) mass is 155 g/mol. The van der Waals surface area contributed by atoms with Gasteiger partial charge in [-0.2, -0.15) is 12.6 Å². The van der Waals surface area contributed by atoms with Crippen LogP contribution in [-0.4, -0.2) is 24.6 Å². The number of thiol groups is 1. The number of hydrogen-bond donors (Lipinski definition) is 2. The zero-order valence-corrected chi connectivity index (χ0v) is 5.50. The lowest BCUT2D eigenvalue weighted by atomic mass is 10.6. The predicted molar refractivity (Wildman–Crippen MR) is 32.9 cm³/mol. The Morgan fingerprint density at radius 3 is 2.56 bits per heavy atom. The molecular weight excluding hydrogens is 148 g/mol. The summed E-state index contributed by atoms with van der Waals surface area (Å²) >= 11 is 3.56. The van der Waals surface area contributed by atoms with Crippen molar-refractivity contribution in [3.63, 3.8) is 0 Å². The lowest BCUT2D eigenvalue weighted by Crippen LogP contribution is -2.29. The molecule has 0 atom stereocenters. The van der Waals surface area contributed by atoms with Gasteiger partial charge in [-0.15, -0.1) is 0 Å². The summed E-state index contributed by atoms with van der Waals surface area (Å²) in [6, 6.07) is 0. The highest BCUT2D eigenvalue weighted by molar-refractivity contribution is 7.81. The second-order valence-corrected chi connectivity index (χ2v) is 1.67. The molecular formula is C4H7F2NOS. The maximum atomic E-state index is 11.3. The van der Waals surface area contributed by atoms with Crippen molar-refractivity contribution in [1.82, 2.24) is 5.32 Å². The van der Waals surface area contributed by atoms with E-state index in [4.69, 9.17) is 0 Å². The Morgan fingerprint density at radius 1 is 1.67 bits per heavy atom. The van der Waals surface area contributed by atoms with Crippen LogP contribution in [0.4, 0.5) is 8.78 Å². The first-order valence-corrected chi connectivity index (χ1v) is 2.95. The van der Waals surface area contributed by atoms with Crippen LogP contribution >= 0.6 is 12.6 Å². The van der Waals surface area contributed by atoms with Crippen LogP contribution in [0.15, 0.2) is 0 Å². The summed E-state index contributed by atoms with van der Waals surface area (Å²) < 4.78 is 22.6. The smallest absolute Gasteiger partial charge is 0.255 e. The Labute approximate surface area is 57.0 Å². The number of halogens is 2. The van der Waals surface area contributed by atoms with Crippen molar-refractivity contribution in [3.8, 4) is 0 Å². The summed E-state index contributed by atoms with van der Waals surface area (Å²) in [7, 11) is 0. The van der Waals surface area contributed by atoms with Gasteiger partial charge in [0.15, 0.2) is 0 Å². The van der Waals surface area contributed by atoms with E-state index >= 15 is 0 Å². The quantitative estimate of drug-likeness (QED) is 0.564. The molecule has 1 N–H and O–H groups in total. The Bertz CT molecular complexity index is 98.6. The Kier molecular flexibility index (Phi) is 4.39. The lowest BCUT2D eigenvalue weighted by Gasteiger charge is -1.99. The number of hydrogen-bond acceptors (Lipinski definition) is 2. The fourth-order valence-corrected chi connectivity index (χ4v) is 0.359. The molecule has 0 aromatic rings. The van der Waals surface area contributed by atoms with Crippen molar-refractivity contribution in [1.29, 1.82) is 0 Å². The zero-order chi connectivity index (χ0) is 7.28. The largest absolute Gasteiger partial charge is 0.350 e. The highest BCUT2D eigenvalue weighted by atomic mass is 32.1. The van der Waals surface area contributed by atoms with Crippen LogP contribution in [0.3, 0.4) is 0 Å². The van der Waals surface area contributed by atoms with Crippen molar-refractivity contribution in [2.24, 2.45) is 0 Å². The van der Waals surface area contributed by atoms with E-state index in [-0.39, 0.29) is 5.75 Å². The molecule has 5 heteroatoms. The molecule has 0 fully saturated rings. The number of rotatable bonds is 3. The summed E-state index contributed by atoms with van der Waals surface area (Å²) in [6.45, 7) is -0.584. The molecule has 54 valence electrons. The molecule has 0 aliphatic carbocycles. The third-order valence-electron chi connectivity index (χ3n) is 0.597. The average molecular weight is 155 g/mol. The molecule has 0 spiro atoms. The Hall–Kier alpha value is -0.320. The Balaban J connectivity index is 3.17. The van der Waals surface area contributed by atoms with Crippen molar-refractivity contribution in [3.05, 3.63) is 0 Å². The minimum atomic E-state index is -2.48. The van der Waals surface area contributed by atoms with E-state index in [0.717, 1.165) is 0 Å². The Morgan fingerprint density at radius 2 is 2.22 bits per heavy atom. The third-order valence-corrected chi connectivity index (χ3v) is 0.884. The van der Waals surface area contributed by atoms with Gasteiger partial charge in [0.1, 0.15) is 0 Å². The van der Waals surface area contributed by atoms with Crippen LogP contribution in [0.2, 0.25) is 0 Å². The van der Waals surface area contributed by atoms with Gasteiger partial charge in [0.25, 0.3) is 6.43 Å². The van der Waals surface area contributed by atoms with Crippen LogP contribution in [0.1, 0.15) is 0 Å². The van der Waals surface area contributed by atoms with Crippen LogP contribution < -0.4 is 5.32 Å². The highest BCUT2D eigenvalue weighted by Crippen LogP contribution is 1.87. The van der Waals surface area contributed by atoms with Gasteiger partial charge in [-0.3, -0.25) is 4.79 Å². The number of amides is 1. The molecule has 0 aromatic heterocycles. The first-order valence-electron chi connectivity index (χ1n) is 2.32. The topological polar surface area (TPSA) is 29.1 Å². The first-order chi connectivity index (χ1) is 4.16.